The zero-order valence-electron chi connectivity index (χ0n) is 45.2. The third kappa shape index (κ3) is 9.53. The zero-order valence-corrected chi connectivity index (χ0v) is 45.2. The highest BCUT2D eigenvalue weighted by Gasteiger charge is 2.50. The predicted octanol–water partition coefficient (Wildman–Crippen LogP) is 7.39. The molecule has 79 heavy (non-hydrogen) atoms. The van der Waals surface area contributed by atoms with Crippen LogP contribution in [-0.2, 0) is 39.0 Å². The summed E-state index contributed by atoms with van der Waals surface area (Å²) in [7, 11) is 1.90. The van der Waals surface area contributed by atoms with E-state index in [1.807, 2.05) is 23.6 Å². The molecule has 1 unspecified atom stereocenters. The number of ether oxygens (including phenoxy) is 3. The van der Waals surface area contributed by atoms with Crippen molar-refractivity contribution in [2.24, 2.45) is 13.0 Å². The van der Waals surface area contributed by atoms with E-state index in [1.54, 1.807) is 12.1 Å². The number of piperidine rings is 2. The van der Waals surface area contributed by atoms with Crippen LogP contribution in [0.2, 0.25) is 0 Å². The minimum absolute atomic E-state index is 0.000107. The van der Waals surface area contributed by atoms with Crippen molar-refractivity contribution in [3.05, 3.63) is 71.1 Å². The fourth-order valence-corrected chi connectivity index (χ4v) is 14.3. The number of nitrogens with one attached hydrogen (secondary N) is 1. The lowest BCUT2D eigenvalue weighted by Gasteiger charge is -2.39. The van der Waals surface area contributed by atoms with Gasteiger partial charge in [0.2, 0.25) is 11.8 Å². The van der Waals surface area contributed by atoms with E-state index in [0.29, 0.717) is 116 Å². The second kappa shape index (κ2) is 21.0. The largest absolute Gasteiger partial charge is 0.508 e. The quantitative estimate of drug-likeness (QED) is 0.122. The molecule has 6 fully saturated rings. The number of pyridine rings is 1. The standard InChI is InChI=1S/C59H69F2N11O7/c1-3-41-45(60)11-6-36-28-40(73)30-44(49(36)41)53-51(61)54-50-46(62-53)12-8-38-32-77-27-5-19-71(38)55(50)65-57(64-54)79-34-59-17-4-20-72(59)39(14-18-59)33-78-58(76)70-21-15-35(16-22-70)31-68-23-25-69(26-24-68)37-7-9-42-47(29-37)67(2)66-52(42)43-10-13-48(74)63-56(43)75/h6-7,9,11,28-30,35,38-39,43,73H,3-5,8,10,12-27,31-34H2,1-2H3,(H,63,74,75)/t38-,39-,43?,59-/m0/s1. The summed E-state index contributed by atoms with van der Waals surface area (Å²) in [5.74, 6) is -1.02. The topological polar surface area (TPSA) is 184 Å². The molecule has 0 saturated carbocycles. The highest BCUT2D eigenvalue weighted by molar-refractivity contribution is 6.04. The molecule has 0 radical (unpaired) electrons. The Morgan fingerprint density at radius 1 is 0.899 bits per heavy atom. The van der Waals surface area contributed by atoms with Gasteiger partial charge in [-0.05, 0) is 136 Å². The summed E-state index contributed by atoms with van der Waals surface area (Å²) < 4.78 is 53.6. The molecule has 7 aliphatic heterocycles. The van der Waals surface area contributed by atoms with Crippen molar-refractivity contribution in [1.29, 1.82) is 0 Å². The molecule has 3 aromatic heterocycles. The van der Waals surface area contributed by atoms with Crippen molar-refractivity contribution in [2.45, 2.75) is 108 Å². The van der Waals surface area contributed by atoms with Gasteiger partial charge in [-0.15, -0.1) is 0 Å². The summed E-state index contributed by atoms with van der Waals surface area (Å²) in [5, 5.41) is 20.7. The molecule has 4 atom stereocenters. The lowest BCUT2D eigenvalue weighted by atomic mass is 9.93. The molecule has 13 rings (SSSR count). The molecular formula is C59H69F2N11O7. The second-order valence-corrected chi connectivity index (χ2v) is 23.1. The number of imide groups is 1. The van der Waals surface area contributed by atoms with Crippen LogP contribution in [0.5, 0.6) is 11.8 Å². The first kappa shape index (κ1) is 51.7. The van der Waals surface area contributed by atoms with Crippen LogP contribution in [0.1, 0.15) is 94.0 Å². The van der Waals surface area contributed by atoms with Gasteiger partial charge < -0.3 is 34.0 Å². The number of aryl methyl sites for hydroxylation is 3. The average molecular weight is 1080 g/mol. The SMILES string of the molecule is CCc1c(F)ccc2cc(O)cc(-c3nc4c5c(nc(OC[C@@]67CCCN6[C@H](COC(=O)N6CCC(CN8CCN(c9ccc%10c(C%11CCC(=O)NC%11=O)nn(C)c%10c9)CC8)CC6)CC7)nc5c3F)N3CCCOC[C@@H]3CC4)c12. The normalized spacial score (nSPS) is 24.3. The van der Waals surface area contributed by atoms with Crippen LogP contribution in [0, 0.1) is 17.6 Å². The van der Waals surface area contributed by atoms with E-state index in [-0.39, 0.29) is 65.1 Å². The number of carbonyl (C=O) groups is 3. The maximum atomic E-state index is 17.6. The molecule has 7 aliphatic rings. The molecule has 2 N–H and O–H groups in total. The number of hydrogen-bond donors (Lipinski definition) is 2. The first-order chi connectivity index (χ1) is 38.4. The van der Waals surface area contributed by atoms with Gasteiger partial charge in [0, 0.05) is 95.1 Å². The van der Waals surface area contributed by atoms with Crippen LogP contribution >= 0.6 is 0 Å². The van der Waals surface area contributed by atoms with Crippen molar-refractivity contribution in [3.8, 4) is 23.0 Å². The number of nitrogens with zero attached hydrogens (tertiary/aromatic N) is 10. The van der Waals surface area contributed by atoms with E-state index in [4.69, 9.17) is 34.3 Å². The van der Waals surface area contributed by atoms with Crippen LogP contribution in [-0.4, -0.2) is 165 Å². The van der Waals surface area contributed by atoms with Gasteiger partial charge in [0.25, 0.3) is 0 Å². The highest BCUT2D eigenvalue weighted by atomic mass is 19.1. The Balaban J connectivity index is 0.638. The third-order valence-corrected chi connectivity index (χ3v) is 18.5. The first-order valence-electron chi connectivity index (χ1n) is 28.7. The number of anilines is 2. The number of likely N-dealkylation sites (tertiary alicyclic amines) is 1. The number of piperazine rings is 1. The van der Waals surface area contributed by atoms with Crippen molar-refractivity contribution < 1.29 is 42.5 Å². The van der Waals surface area contributed by atoms with E-state index >= 15 is 8.78 Å². The van der Waals surface area contributed by atoms with Crippen LogP contribution < -0.4 is 19.9 Å². The van der Waals surface area contributed by atoms with E-state index in [1.165, 1.54) is 12.1 Å². The molecule has 416 valence electrons. The van der Waals surface area contributed by atoms with Gasteiger partial charge >= 0.3 is 12.1 Å². The highest BCUT2D eigenvalue weighted by Crippen LogP contribution is 2.45. The Kier molecular flexibility index (Phi) is 13.8. The fourth-order valence-electron chi connectivity index (χ4n) is 14.3. The minimum atomic E-state index is -0.680. The van der Waals surface area contributed by atoms with Crippen LogP contribution in [0.3, 0.4) is 0 Å². The number of benzene rings is 3. The van der Waals surface area contributed by atoms with Gasteiger partial charge in [-0.2, -0.15) is 15.1 Å². The van der Waals surface area contributed by atoms with Crippen molar-refractivity contribution in [3.63, 3.8) is 0 Å². The molecule has 6 aromatic rings. The number of phenolic OH excluding ortho intramolecular Hbond substituents is 1. The van der Waals surface area contributed by atoms with Gasteiger partial charge in [0.15, 0.2) is 5.82 Å². The molecule has 6 saturated heterocycles. The predicted molar refractivity (Wildman–Crippen MR) is 293 cm³/mol. The van der Waals surface area contributed by atoms with Gasteiger partial charge in [0.1, 0.15) is 41.8 Å². The Labute approximate surface area is 457 Å². The average Bonchev–Trinajstić information content (AvgIpc) is 4.25. The molecular weight excluding hydrogens is 1010 g/mol. The monoisotopic (exact) mass is 1080 g/mol. The molecule has 0 aliphatic carbocycles. The summed E-state index contributed by atoms with van der Waals surface area (Å²) >= 11 is 0. The number of hydrogen-bond acceptors (Lipinski definition) is 15. The number of aromatic hydroxyl groups is 1. The number of phenols is 1. The Bertz CT molecular complexity index is 3380. The molecule has 18 nitrogen and oxygen atoms in total. The number of carbonyl (C=O) groups excluding carboxylic acids is 3. The van der Waals surface area contributed by atoms with Crippen molar-refractivity contribution in [2.75, 3.05) is 95.1 Å². The van der Waals surface area contributed by atoms with Gasteiger partial charge in [0.05, 0.1) is 46.4 Å². The number of halogens is 2. The minimum Gasteiger partial charge on any atom is -0.508 e. The number of rotatable bonds is 11. The summed E-state index contributed by atoms with van der Waals surface area (Å²) in [4.78, 5) is 64.4. The Hall–Kier alpha value is -6.77. The Morgan fingerprint density at radius 3 is 2.57 bits per heavy atom. The van der Waals surface area contributed by atoms with Crippen molar-refractivity contribution in [1.82, 2.24) is 44.7 Å². The number of aromatic nitrogens is 5. The maximum absolute atomic E-state index is 17.6. The lowest BCUT2D eigenvalue weighted by Crippen LogP contribution is -2.49. The molecule has 3 aromatic carbocycles. The van der Waals surface area contributed by atoms with E-state index in [9.17, 15) is 19.5 Å². The molecule has 0 bridgehead atoms. The van der Waals surface area contributed by atoms with Crippen molar-refractivity contribution >= 4 is 62.0 Å². The maximum Gasteiger partial charge on any atom is 0.409 e. The van der Waals surface area contributed by atoms with Gasteiger partial charge in [-0.25, -0.2) is 18.6 Å². The van der Waals surface area contributed by atoms with Crippen LogP contribution in [0.15, 0.2) is 42.5 Å². The number of fused-ring (bicyclic) bond motifs is 5. The van der Waals surface area contributed by atoms with Gasteiger partial charge in [-0.3, -0.25) is 29.4 Å². The zero-order chi connectivity index (χ0) is 54.1. The van der Waals surface area contributed by atoms with Gasteiger partial charge in [-0.1, -0.05) is 13.0 Å². The molecule has 3 amide bonds. The summed E-state index contributed by atoms with van der Waals surface area (Å²) in [6.07, 6.45) is 8.31. The summed E-state index contributed by atoms with van der Waals surface area (Å²) in [6.45, 7) is 11.1. The molecule has 0 spiro atoms. The molecule has 20 heteroatoms. The lowest BCUT2D eigenvalue weighted by molar-refractivity contribution is -0.134. The van der Waals surface area contributed by atoms with E-state index < -0.39 is 17.6 Å². The summed E-state index contributed by atoms with van der Waals surface area (Å²) in [6, 6.07) is 12.4. The fraction of sp³-hybridized carbons (Fsp3) is 0.542. The van der Waals surface area contributed by atoms with Crippen LogP contribution in [0.25, 0.3) is 43.8 Å². The van der Waals surface area contributed by atoms with E-state index in [0.717, 1.165) is 106 Å². The first-order valence-corrected chi connectivity index (χ1v) is 28.7. The Morgan fingerprint density at radius 2 is 1.75 bits per heavy atom. The smallest absolute Gasteiger partial charge is 0.409 e. The third-order valence-electron chi connectivity index (χ3n) is 18.5. The molecule has 10 heterocycles. The number of amides is 3. The second-order valence-electron chi connectivity index (χ2n) is 23.1. The van der Waals surface area contributed by atoms with E-state index in [2.05, 4.69) is 43.1 Å². The summed E-state index contributed by atoms with van der Waals surface area (Å²) in [5.41, 5.74) is 3.95. The van der Waals surface area contributed by atoms with Crippen LogP contribution in [0.4, 0.5) is 25.1 Å².